The van der Waals surface area contributed by atoms with Gasteiger partial charge in [0.2, 0.25) is 0 Å². The van der Waals surface area contributed by atoms with E-state index in [4.69, 9.17) is 5.26 Å². The highest BCUT2D eigenvalue weighted by atomic mass is 19.2. The third kappa shape index (κ3) is 2.51. The first kappa shape index (κ1) is 10.6. The lowest BCUT2D eigenvalue weighted by atomic mass is 10.1. The quantitative estimate of drug-likeness (QED) is 0.807. The molecule has 1 atom stereocenters. The molecular formula is C10H9F2NO. The van der Waals surface area contributed by atoms with Crippen molar-refractivity contribution in [3.05, 3.63) is 35.4 Å². The Morgan fingerprint density at radius 2 is 2.07 bits per heavy atom. The van der Waals surface area contributed by atoms with Crippen molar-refractivity contribution in [2.24, 2.45) is 0 Å². The summed E-state index contributed by atoms with van der Waals surface area (Å²) < 4.78 is 25.2. The summed E-state index contributed by atoms with van der Waals surface area (Å²) in [5, 5.41) is 17.7. The summed E-state index contributed by atoms with van der Waals surface area (Å²) in [6.45, 7) is 0. The molecule has 0 saturated carbocycles. The summed E-state index contributed by atoms with van der Waals surface area (Å²) in [7, 11) is 0. The van der Waals surface area contributed by atoms with Crippen molar-refractivity contribution in [1.29, 1.82) is 5.26 Å². The first-order valence-corrected chi connectivity index (χ1v) is 4.15. The minimum atomic E-state index is -0.987. The standard InChI is InChI=1S/C10H9F2NO/c11-8-4-3-7(6-9(8)12)10(14)2-1-5-13/h3-4,6,10,14H,1-2H2. The average Bonchev–Trinajstić information content (AvgIpc) is 2.18. The van der Waals surface area contributed by atoms with Crippen molar-refractivity contribution < 1.29 is 13.9 Å². The maximum absolute atomic E-state index is 12.7. The van der Waals surface area contributed by atoms with Crippen LogP contribution in [0.3, 0.4) is 0 Å². The Morgan fingerprint density at radius 3 is 2.64 bits per heavy atom. The highest BCUT2D eigenvalue weighted by Crippen LogP contribution is 2.19. The summed E-state index contributed by atoms with van der Waals surface area (Å²) in [4.78, 5) is 0. The van der Waals surface area contributed by atoms with E-state index in [1.54, 1.807) is 0 Å². The first-order valence-electron chi connectivity index (χ1n) is 4.15. The van der Waals surface area contributed by atoms with E-state index in [9.17, 15) is 13.9 Å². The zero-order chi connectivity index (χ0) is 10.6. The van der Waals surface area contributed by atoms with Gasteiger partial charge in [-0.1, -0.05) is 6.07 Å². The van der Waals surface area contributed by atoms with Crippen LogP contribution in [0.1, 0.15) is 24.5 Å². The smallest absolute Gasteiger partial charge is 0.159 e. The fourth-order valence-electron chi connectivity index (χ4n) is 1.09. The number of rotatable bonds is 3. The topological polar surface area (TPSA) is 44.0 Å². The third-order valence-corrected chi connectivity index (χ3v) is 1.86. The van der Waals surface area contributed by atoms with E-state index in [0.717, 1.165) is 12.1 Å². The van der Waals surface area contributed by atoms with Gasteiger partial charge in [-0.25, -0.2) is 8.78 Å². The Morgan fingerprint density at radius 1 is 1.36 bits per heavy atom. The SMILES string of the molecule is N#CCCC(O)c1ccc(F)c(F)c1. The maximum atomic E-state index is 12.7. The molecule has 0 radical (unpaired) electrons. The van der Waals surface area contributed by atoms with Gasteiger partial charge in [0.25, 0.3) is 0 Å². The van der Waals surface area contributed by atoms with Crippen molar-refractivity contribution in [3.8, 4) is 6.07 Å². The predicted molar refractivity (Wildman–Crippen MR) is 46.2 cm³/mol. The van der Waals surface area contributed by atoms with Crippen LogP contribution >= 0.6 is 0 Å². The van der Waals surface area contributed by atoms with Crippen molar-refractivity contribution in [2.45, 2.75) is 18.9 Å². The molecule has 1 rings (SSSR count). The predicted octanol–water partition coefficient (Wildman–Crippen LogP) is 2.30. The van der Waals surface area contributed by atoms with Gasteiger partial charge in [0, 0.05) is 6.42 Å². The summed E-state index contributed by atoms with van der Waals surface area (Å²) >= 11 is 0. The van der Waals surface area contributed by atoms with Crippen LogP contribution in [-0.4, -0.2) is 5.11 Å². The van der Waals surface area contributed by atoms with E-state index >= 15 is 0 Å². The fraction of sp³-hybridized carbons (Fsp3) is 0.300. The van der Waals surface area contributed by atoms with E-state index in [-0.39, 0.29) is 12.8 Å². The van der Waals surface area contributed by atoms with E-state index in [2.05, 4.69) is 0 Å². The van der Waals surface area contributed by atoms with Gasteiger partial charge < -0.3 is 5.11 Å². The summed E-state index contributed by atoms with van der Waals surface area (Å²) in [5.74, 6) is -1.93. The van der Waals surface area contributed by atoms with Crippen LogP contribution in [0.2, 0.25) is 0 Å². The Hall–Kier alpha value is -1.47. The molecule has 0 aliphatic carbocycles. The number of benzene rings is 1. The number of nitrogens with zero attached hydrogens (tertiary/aromatic N) is 1. The fourth-order valence-corrected chi connectivity index (χ4v) is 1.09. The van der Waals surface area contributed by atoms with E-state index < -0.39 is 17.7 Å². The molecule has 1 N–H and O–H groups in total. The molecule has 4 heteroatoms. The monoisotopic (exact) mass is 197 g/mol. The molecule has 2 nitrogen and oxygen atoms in total. The number of nitriles is 1. The van der Waals surface area contributed by atoms with E-state index in [1.807, 2.05) is 6.07 Å². The lowest BCUT2D eigenvalue weighted by molar-refractivity contribution is 0.168. The lowest BCUT2D eigenvalue weighted by Gasteiger charge is -2.08. The Labute approximate surface area is 80.4 Å². The first-order chi connectivity index (χ1) is 6.65. The number of halogens is 2. The third-order valence-electron chi connectivity index (χ3n) is 1.86. The van der Waals surface area contributed by atoms with Crippen molar-refractivity contribution >= 4 is 0 Å². The van der Waals surface area contributed by atoms with Gasteiger partial charge in [-0.3, -0.25) is 0 Å². The molecule has 0 aliphatic rings. The maximum Gasteiger partial charge on any atom is 0.159 e. The highest BCUT2D eigenvalue weighted by Gasteiger charge is 2.10. The Kier molecular flexibility index (Phi) is 3.55. The largest absolute Gasteiger partial charge is 0.388 e. The van der Waals surface area contributed by atoms with Crippen LogP contribution in [0.5, 0.6) is 0 Å². The van der Waals surface area contributed by atoms with Crippen molar-refractivity contribution in [3.63, 3.8) is 0 Å². The van der Waals surface area contributed by atoms with Crippen molar-refractivity contribution in [2.75, 3.05) is 0 Å². The molecule has 0 fully saturated rings. The van der Waals surface area contributed by atoms with Crippen LogP contribution in [-0.2, 0) is 0 Å². The number of aliphatic hydroxyl groups excluding tert-OH is 1. The average molecular weight is 197 g/mol. The van der Waals surface area contributed by atoms with Crippen LogP contribution in [0.15, 0.2) is 18.2 Å². The van der Waals surface area contributed by atoms with Crippen molar-refractivity contribution in [1.82, 2.24) is 0 Å². The van der Waals surface area contributed by atoms with Gasteiger partial charge in [0.05, 0.1) is 12.2 Å². The van der Waals surface area contributed by atoms with Crippen LogP contribution in [0, 0.1) is 23.0 Å². The summed E-state index contributed by atoms with van der Waals surface area (Å²) in [6.07, 6.45) is -0.508. The summed E-state index contributed by atoms with van der Waals surface area (Å²) in [5.41, 5.74) is 0.291. The second-order valence-corrected chi connectivity index (χ2v) is 2.89. The van der Waals surface area contributed by atoms with Crippen LogP contribution in [0.4, 0.5) is 8.78 Å². The second-order valence-electron chi connectivity index (χ2n) is 2.89. The lowest BCUT2D eigenvalue weighted by Crippen LogP contribution is -1.98. The van der Waals surface area contributed by atoms with E-state index in [0.29, 0.717) is 5.56 Å². The Balaban J connectivity index is 2.76. The molecule has 1 aromatic carbocycles. The zero-order valence-electron chi connectivity index (χ0n) is 7.37. The molecule has 74 valence electrons. The minimum absolute atomic E-state index is 0.181. The molecular weight excluding hydrogens is 188 g/mol. The molecule has 0 saturated heterocycles. The molecule has 0 aromatic heterocycles. The van der Waals surface area contributed by atoms with E-state index in [1.165, 1.54) is 6.07 Å². The number of hydrogen-bond acceptors (Lipinski definition) is 2. The van der Waals surface area contributed by atoms with Gasteiger partial charge >= 0.3 is 0 Å². The molecule has 1 aromatic rings. The normalized spacial score (nSPS) is 12.1. The van der Waals surface area contributed by atoms with Gasteiger partial charge in [-0.15, -0.1) is 0 Å². The van der Waals surface area contributed by atoms with Gasteiger partial charge in [-0.2, -0.15) is 5.26 Å². The molecule has 0 bridgehead atoms. The van der Waals surface area contributed by atoms with Gasteiger partial charge in [-0.05, 0) is 24.1 Å². The zero-order valence-corrected chi connectivity index (χ0v) is 7.37. The molecule has 1 unspecified atom stereocenters. The van der Waals surface area contributed by atoms with Gasteiger partial charge in [0.1, 0.15) is 0 Å². The molecule has 0 amide bonds. The molecule has 0 spiro atoms. The number of hydrogen-bond donors (Lipinski definition) is 1. The minimum Gasteiger partial charge on any atom is -0.388 e. The molecule has 14 heavy (non-hydrogen) atoms. The van der Waals surface area contributed by atoms with Gasteiger partial charge in [0.15, 0.2) is 11.6 Å². The van der Waals surface area contributed by atoms with Crippen LogP contribution < -0.4 is 0 Å². The number of aliphatic hydroxyl groups is 1. The molecule has 0 aliphatic heterocycles. The van der Waals surface area contributed by atoms with Crippen LogP contribution in [0.25, 0.3) is 0 Å². The highest BCUT2D eigenvalue weighted by molar-refractivity contribution is 5.20. The summed E-state index contributed by atoms with van der Waals surface area (Å²) in [6, 6.07) is 5.07. The second kappa shape index (κ2) is 4.68. The molecule has 0 heterocycles. The Bertz CT molecular complexity index is 360.